The number of aliphatic hydroxyl groups excluding tert-OH is 1. The molecule has 0 radical (unpaired) electrons. The molecule has 0 aromatic heterocycles. The monoisotopic (exact) mass is 418 g/mol. The van der Waals surface area contributed by atoms with Crippen LogP contribution in [0.4, 0.5) is 11.4 Å². The molecule has 0 aliphatic rings. The number of aliphatic hydroxyl groups is 1. The van der Waals surface area contributed by atoms with Crippen molar-refractivity contribution in [2.24, 2.45) is 5.73 Å². The second-order valence-corrected chi connectivity index (χ2v) is 7.45. The van der Waals surface area contributed by atoms with Crippen molar-refractivity contribution in [1.82, 2.24) is 0 Å². The van der Waals surface area contributed by atoms with Crippen LogP contribution in [-0.4, -0.2) is 10.0 Å². The Balaban J connectivity index is 1.91. The standard InChI is InChI=1S/C22H18N4O3S/c23-13-18(22(25)30-20-7-2-1-6-19(20)24)15-4-3-5-16(12-15)21(27)14-8-10-17(11-9-14)26(28)29/h1-12,21,27H,24-25H2/b22-18+. The van der Waals surface area contributed by atoms with Gasteiger partial charge in [-0.2, -0.15) is 5.26 Å². The minimum atomic E-state index is -1.01. The summed E-state index contributed by atoms with van der Waals surface area (Å²) in [5.74, 6) is 0. The van der Waals surface area contributed by atoms with Crippen molar-refractivity contribution >= 4 is 28.7 Å². The minimum absolute atomic E-state index is 0.0561. The zero-order valence-electron chi connectivity index (χ0n) is 15.7. The van der Waals surface area contributed by atoms with Gasteiger partial charge in [-0.1, -0.05) is 42.1 Å². The van der Waals surface area contributed by atoms with Crippen molar-refractivity contribution in [3.05, 3.63) is 105 Å². The summed E-state index contributed by atoms with van der Waals surface area (Å²) in [6, 6.07) is 21.8. The predicted octanol–water partition coefficient (Wildman–Crippen LogP) is 4.20. The third kappa shape index (κ3) is 4.60. The molecular weight excluding hydrogens is 400 g/mol. The summed E-state index contributed by atoms with van der Waals surface area (Å²) in [7, 11) is 0. The Kier molecular flexibility index (Phi) is 6.37. The quantitative estimate of drug-likeness (QED) is 0.179. The average Bonchev–Trinajstić information content (AvgIpc) is 2.75. The Bertz CT molecular complexity index is 1150. The topological polar surface area (TPSA) is 139 Å². The Labute approximate surface area is 177 Å². The summed E-state index contributed by atoms with van der Waals surface area (Å²) in [6.45, 7) is 0. The maximum Gasteiger partial charge on any atom is 0.269 e. The normalized spacial score (nSPS) is 12.5. The van der Waals surface area contributed by atoms with E-state index in [0.717, 1.165) is 4.90 Å². The zero-order valence-corrected chi connectivity index (χ0v) is 16.5. The van der Waals surface area contributed by atoms with E-state index < -0.39 is 11.0 Å². The number of para-hydroxylation sites is 1. The maximum atomic E-state index is 10.8. The lowest BCUT2D eigenvalue weighted by Crippen LogP contribution is -2.02. The first-order chi connectivity index (χ1) is 14.4. The molecule has 3 aromatic carbocycles. The summed E-state index contributed by atoms with van der Waals surface area (Å²) < 4.78 is 0. The van der Waals surface area contributed by atoms with Gasteiger partial charge in [0.1, 0.15) is 12.2 Å². The fraction of sp³-hybridized carbons (Fsp3) is 0.0455. The van der Waals surface area contributed by atoms with Crippen LogP contribution in [0.5, 0.6) is 0 Å². The zero-order chi connectivity index (χ0) is 21.7. The van der Waals surface area contributed by atoms with Crippen molar-refractivity contribution in [2.75, 3.05) is 5.73 Å². The fourth-order valence-corrected chi connectivity index (χ4v) is 3.67. The van der Waals surface area contributed by atoms with Gasteiger partial charge in [-0.3, -0.25) is 10.1 Å². The molecule has 0 saturated heterocycles. The molecule has 30 heavy (non-hydrogen) atoms. The molecule has 5 N–H and O–H groups in total. The molecule has 0 amide bonds. The van der Waals surface area contributed by atoms with E-state index >= 15 is 0 Å². The minimum Gasteiger partial charge on any atom is -0.398 e. The van der Waals surface area contributed by atoms with Crippen molar-refractivity contribution in [3.8, 4) is 6.07 Å². The van der Waals surface area contributed by atoms with Gasteiger partial charge in [0.2, 0.25) is 0 Å². The second kappa shape index (κ2) is 9.13. The van der Waals surface area contributed by atoms with Crippen LogP contribution >= 0.6 is 11.8 Å². The highest BCUT2D eigenvalue weighted by atomic mass is 32.2. The number of nitriles is 1. The highest BCUT2D eigenvalue weighted by Gasteiger charge is 2.15. The molecular formula is C22H18N4O3S. The lowest BCUT2D eigenvalue weighted by Gasteiger charge is -2.13. The summed E-state index contributed by atoms with van der Waals surface area (Å²) in [6.07, 6.45) is -1.01. The highest BCUT2D eigenvalue weighted by molar-refractivity contribution is 8.03. The van der Waals surface area contributed by atoms with E-state index in [-0.39, 0.29) is 16.3 Å². The molecule has 1 unspecified atom stereocenters. The van der Waals surface area contributed by atoms with E-state index in [1.165, 1.54) is 36.0 Å². The van der Waals surface area contributed by atoms with Crippen molar-refractivity contribution < 1.29 is 10.0 Å². The van der Waals surface area contributed by atoms with Crippen LogP contribution in [0.2, 0.25) is 0 Å². The Morgan fingerprint density at radius 2 is 1.77 bits per heavy atom. The largest absolute Gasteiger partial charge is 0.398 e. The van der Waals surface area contributed by atoms with Crippen LogP contribution in [0, 0.1) is 21.4 Å². The number of nitrogens with zero attached hydrogens (tertiary/aromatic N) is 2. The van der Waals surface area contributed by atoms with Crippen LogP contribution in [-0.2, 0) is 0 Å². The number of benzene rings is 3. The van der Waals surface area contributed by atoms with Crippen LogP contribution in [0.1, 0.15) is 22.8 Å². The van der Waals surface area contributed by atoms with Gasteiger partial charge in [0.15, 0.2) is 0 Å². The number of nitro benzene ring substituents is 1. The Morgan fingerprint density at radius 3 is 2.40 bits per heavy atom. The molecule has 0 aliphatic carbocycles. The van der Waals surface area contributed by atoms with Gasteiger partial charge in [0.25, 0.3) is 5.69 Å². The summed E-state index contributed by atoms with van der Waals surface area (Å²) in [4.78, 5) is 11.0. The van der Waals surface area contributed by atoms with E-state index in [4.69, 9.17) is 11.5 Å². The van der Waals surface area contributed by atoms with E-state index in [1.807, 2.05) is 18.2 Å². The number of nitro groups is 1. The number of hydrogen-bond donors (Lipinski definition) is 3. The molecule has 7 nitrogen and oxygen atoms in total. The number of nitrogen functional groups attached to an aromatic ring is 1. The molecule has 1 atom stereocenters. The maximum absolute atomic E-state index is 10.8. The van der Waals surface area contributed by atoms with Crippen molar-refractivity contribution in [3.63, 3.8) is 0 Å². The van der Waals surface area contributed by atoms with Gasteiger partial charge in [-0.05, 0) is 47.0 Å². The number of non-ortho nitro benzene ring substituents is 1. The van der Waals surface area contributed by atoms with Gasteiger partial charge in [0.05, 0.1) is 15.5 Å². The third-order valence-corrected chi connectivity index (χ3v) is 5.42. The first-order valence-electron chi connectivity index (χ1n) is 8.85. The first-order valence-corrected chi connectivity index (χ1v) is 9.67. The first kappa shape index (κ1) is 20.9. The molecule has 0 heterocycles. The summed E-state index contributed by atoms with van der Waals surface area (Å²) in [5, 5.41) is 31.5. The van der Waals surface area contributed by atoms with Crippen molar-refractivity contribution in [2.45, 2.75) is 11.0 Å². The number of allylic oxidation sites excluding steroid dienone is 1. The predicted molar refractivity (Wildman–Crippen MR) is 117 cm³/mol. The molecule has 0 bridgehead atoms. The Hall–Kier alpha value is -3.80. The molecule has 0 spiro atoms. The summed E-state index contributed by atoms with van der Waals surface area (Å²) in [5.41, 5.74) is 14.5. The lowest BCUT2D eigenvalue weighted by molar-refractivity contribution is -0.384. The van der Waals surface area contributed by atoms with E-state index in [2.05, 4.69) is 6.07 Å². The molecule has 8 heteroatoms. The number of hydrogen-bond acceptors (Lipinski definition) is 7. The average molecular weight is 418 g/mol. The SMILES string of the molecule is N#C/C(=C(/N)Sc1ccccc1N)c1cccc(C(O)c2ccc([N+](=O)[O-])cc2)c1. The van der Waals surface area contributed by atoms with Crippen LogP contribution in [0.15, 0.2) is 82.7 Å². The second-order valence-electron chi connectivity index (χ2n) is 6.37. The Morgan fingerprint density at radius 1 is 1.07 bits per heavy atom. The number of thioether (sulfide) groups is 1. The number of rotatable bonds is 6. The molecule has 0 fully saturated rings. The van der Waals surface area contributed by atoms with Crippen molar-refractivity contribution in [1.29, 1.82) is 5.26 Å². The van der Waals surface area contributed by atoms with Crippen LogP contribution in [0.3, 0.4) is 0 Å². The molecule has 0 aliphatic heterocycles. The van der Waals surface area contributed by atoms with E-state index in [9.17, 15) is 20.5 Å². The third-order valence-electron chi connectivity index (χ3n) is 4.41. The number of anilines is 1. The van der Waals surface area contributed by atoms with Crippen LogP contribution < -0.4 is 11.5 Å². The van der Waals surface area contributed by atoms with E-state index in [1.54, 1.807) is 30.3 Å². The smallest absolute Gasteiger partial charge is 0.269 e. The molecule has 150 valence electrons. The highest BCUT2D eigenvalue weighted by Crippen LogP contribution is 2.33. The molecule has 0 saturated carbocycles. The van der Waals surface area contributed by atoms with Gasteiger partial charge >= 0.3 is 0 Å². The van der Waals surface area contributed by atoms with Gasteiger partial charge in [-0.15, -0.1) is 0 Å². The van der Waals surface area contributed by atoms with Gasteiger partial charge in [0, 0.05) is 22.7 Å². The number of nitrogens with two attached hydrogens (primary N) is 2. The van der Waals surface area contributed by atoms with Crippen LogP contribution in [0.25, 0.3) is 5.57 Å². The molecule has 3 rings (SSSR count). The summed E-state index contributed by atoms with van der Waals surface area (Å²) >= 11 is 1.20. The fourth-order valence-electron chi connectivity index (χ4n) is 2.84. The molecule has 3 aromatic rings. The van der Waals surface area contributed by atoms with Gasteiger partial charge < -0.3 is 16.6 Å². The lowest BCUT2D eigenvalue weighted by atomic mass is 9.97. The van der Waals surface area contributed by atoms with Gasteiger partial charge in [-0.25, -0.2) is 0 Å². The van der Waals surface area contributed by atoms with E-state index in [0.29, 0.717) is 22.4 Å².